The standard InChI is InChI=1S/C27H24ClNO3/c28-21-14-12-18(13-15-21)24-23(26(31)27(32)29(24)22-8-2-1-3-9-22)25(30)20-11-10-17-6-4-5-7-19(17)16-20/h4-7,10-16,22,24,30H,1-3,8-9H2/b25-23-. The number of Topliss-reactive ketones (excluding diaryl/α,β-unsaturated/α-hetero) is 1. The van der Waals surface area contributed by atoms with Gasteiger partial charge in [-0.2, -0.15) is 0 Å². The second kappa shape index (κ2) is 8.44. The monoisotopic (exact) mass is 445 g/mol. The van der Waals surface area contributed by atoms with Crippen LogP contribution in [0.1, 0.15) is 49.3 Å². The summed E-state index contributed by atoms with van der Waals surface area (Å²) in [7, 11) is 0. The van der Waals surface area contributed by atoms with E-state index in [-0.39, 0.29) is 17.4 Å². The fourth-order valence-electron chi connectivity index (χ4n) is 5.05. The lowest BCUT2D eigenvalue weighted by atomic mass is 9.91. The number of aliphatic hydroxyl groups excluding tert-OH is 1. The molecule has 3 aromatic rings. The Hall–Kier alpha value is -3.11. The van der Waals surface area contributed by atoms with Crippen LogP contribution in [0.4, 0.5) is 0 Å². The number of likely N-dealkylation sites (tertiary alicyclic amines) is 1. The summed E-state index contributed by atoms with van der Waals surface area (Å²) in [5, 5.41) is 13.9. The third kappa shape index (κ3) is 3.59. The van der Waals surface area contributed by atoms with Crippen molar-refractivity contribution in [3.05, 3.63) is 88.5 Å². The highest BCUT2D eigenvalue weighted by Crippen LogP contribution is 2.43. The molecule has 1 saturated carbocycles. The molecular formula is C27H24ClNO3. The van der Waals surface area contributed by atoms with Gasteiger partial charge in [0.1, 0.15) is 5.76 Å². The lowest BCUT2D eigenvalue weighted by molar-refractivity contribution is -0.141. The zero-order valence-electron chi connectivity index (χ0n) is 17.6. The van der Waals surface area contributed by atoms with E-state index in [2.05, 4.69) is 0 Å². The summed E-state index contributed by atoms with van der Waals surface area (Å²) in [6.07, 6.45) is 4.95. The van der Waals surface area contributed by atoms with Gasteiger partial charge in [-0.05, 0) is 47.4 Å². The molecule has 0 aromatic heterocycles. The van der Waals surface area contributed by atoms with Crippen molar-refractivity contribution in [3.8, 4) is 0 Å². The zero-order valence-corrected chi connectivity index (χ0v) is 18.4. The zero-order chi connectivity index (χ0) is 22.2. The van der Waals surface area contributed by atoms with E-state index in [0.29, 0.717) is 10.6 Å². The number of halogens is 1. The molecule has 1 aliphatic heterocycles. The molecule has 1 aliphatic carbocycles. The van der Waals surface area contributed by atoms with E-state index in [4.69, 9.17) is 11.6 Å². The third-order valence-corrected chi connectivity index (χ3v) is 6.91. The summed E-state index contributed by atoms with van der Waals surface area (Å²) in [6, 6.07) is 20.0. The van der Waals surface area contributed by atoms with Crippen molar-refractivity contribution in [1.29, 1.82) is 0 Å². The SMILES string of the molecule is O=C1C(=O)N(C2CCCCC2)C(c2ccc(Cl)cc2)/C1=C(/O)c1ccc2ccccc2c1. The molecule has 5 rings (SSSR count). The number of benzene rings is 3. The second-order valence-corrected chi connectivity index (χ2v) is 9.05. The number of fused-ring (bicyclic) bond motifs is 1. The number of ketones is 1. The molecule has 1 amide bonds. The molecule has 1 atom stereocenters. The molecule has 5 heteroatoms. The van der Waals surface area contributed by atoms with Gasteiger partial charge in [-0.3, -0.25) is 9.59 Å². The Morgan fingerprint density at radius 2 is 1.56 bits per heavy atom. The minimum absolute atomic E-state index is 0.0113. The lowest BCUT2D eigenvalue weighted by Gasteiger charge is -2.35. The number of carbonyl (C=O) groups is 2. The topological polar surface area (TPSA) is 57.6 Å². The molecule has 2 fully saturated rings. The highest BCUT2D eigenvalue weighted by molar-refractivity contribution is 6.46. The van der Waals surface area contributed by atoms with Crippen molar-refractivity contribution >= 4 is 39.8 Å². The summed E-state index contributed by atoms with van der Waals surface area (Å²) in [5.74, 6) is -1.28. The van der Waals surface area contributed by atoms with E-state index in [1.165, 1.54) is 0 Å². The Morgan fingerprint density at radius 1 is 0.875 bits per heavy atom. The highest BCUT2D eigenvalue weighted by Gasteiger charge is 2.48. The number of rotatable bonds is 3. The molecule has 1 saturated heterocycles. The van der Waals surface area contributed by atoms with Crippen LogP contribution in [-0.4, -0.2) is 27.7 Å². The van der Waals surface area contributed by atoms with Gasteiger partial charge in [-0.15, -0.1) is 0 Å². The van der Waals surface area contributed by atoms with Gasteiger partial charge in [0, 0.05) is 16.6 Å². The summed E-state index contributed by atoms with van der Waals surface area (Å²) in [4.78, 5) is 28.2. The van der Waals surface area contributed by atoms with Gasteiger partial charge >= 0.3 is 0 Å². The maximum absolute atomic E-state index is 13.3. The molecule has 1 N–H and O–H groups in total. The smallest absolute Gasteiger partial charge is 0.295 e. The van der Waals surface area contributed by atoms with E-state index >= 15 is 0 Å². The Kier molecular flexibility index (Phi) is 5.48. The normalized spacial score (nSPS) is 21.4. The predicted molar refractivity (Wildman–Crippen MR) is 126 cm³/mol. The first-order valence-corrected chi connectivity index (χ1v) is 11.5. The minimum Gasteiger partial charge on any atom is -0.507 e. The first-order valence-electron chi connectivity index (χ1n) is 11.1. The molecule has 32 heavy (non-hydrogen) atoms. The van der Waals surface area contributed by atoms with Crippen LogP contribution in [0.15, 0.2) is 72.3 Å². The van der Waals surface area contributed by atoms with Crippen molar-refractivity contribution in [2.24, 2.45) is 0 Å². The minimum atomic E-state index is -0.624. The Morgan fingerprint density at radius 3 is 2.28 bits per heavy atom. The van der Waals surface area contributed by atoms with Crippen LogP contribution in [0.3, 0.4) is 0 Å². The quantitative estimate of drug-likeness (QED) is 0.294. The second-order valence-electron chi connectivity index (χ2n) is 8.61. The summed E-state index contributed by atoms with van der Waals surface area (Å²) >= 11 is 6.10. The summed E-state index contributed by atoms with van der Waals surface area (Å²) < 4.78 is 0. The maximum Gasteiger partial charge on any atom is 0.295 e. The van der Waals surface area contributed by atoms with Crippen molar-refractivity contribution in [3.63, 3.8) is 0 Å². The van der Waals surface area contributed by atoms with Crippen molar-refractivity contribution < 1.29 is 14.7 Å². The van der Waals surface area contributed by atoms with Crippen molar-refractivity contribution in [2.45, 2.75) is 44.2 Å². The van der Waals surface area contributed by atoms with Crippen LogP contribution in [0.5, 0.6) is 0 Å². The van der Waals surface area contributed by atoms with Gasteiger partial charge in [0.2, 0.25) is 0 Å². The number of aliphatic hydroxyl groups is 1. The number of nitrogens with zero attached hydrogens (tertiary/aromatic N) is 1. The number of hydrogen-bond donors (Lipinski definition) is 1. The molecule has 1 unspecified atom stereocenters. The first kappa shape index (κ1) is 20.8. The number of hydrogen-bond acceptors (Lipinski definition) is 3. The van der Waals surface area contributed by atoms with E-state index < -0.39 is 17.7 Å². The van der Waals surface area contributed by atoms with Crippen LogP contribution in [0.25, 0.3) is 16.5 Å². The Labute approximate surface area is 192 Å². The van der Waals surface area contributed by atoms with E-state index in [0.717, 1.165) is 48.4 Å². The van der Waals surface area contributed by atoms with Crippen LogP contribution in [0, 0.1) is 0 Å². The molecule has 2 aliphatic rings. The molecule has 0 bridgehead atoms. The predicted octanol–water partition coefficient (Wildman–Crippen LogP) is 6.25. The van der Waals surface area contributed by atoms with Crippen LogP contribution < -0.4 is 0 Å². The van der Waals surface area contributed by atoms with Gasteiger partial charge in [0.05, 0.1) is 11.6 Å². The molecule has 3 aromatic carbocycles. The largest absolute Gasteiger partial charge is 0.507 e. The molecule has 0 spiro atoms. The molecule has 4 nitrogen and oxygen atoms in total. The average Bonchev–Trinajstić information content (AvgIpc) is 3.09. The molecule has 0 radical (unpaired) electrons. The van der Waals surface area contributed by atoms with Crippen LogP contribution in [0.2, 0.25) is 5.02 Å². The first-order chi connectivity index (χ1) is 15.5. The van der Waals surface area contributed by atoms with Crippen molar-refractivity contribution in [2.75, 3.05) is 0 Å². The maximum atomic E-state index is 13.3. The Balaban J connectivity index is 1.67. The van der Waals surface area contributed by atoms with Crippen LogP contribution >= 0.6 is 11.6 Å². The van der Waals surface area contributed by atoms with Gasteiger partial charge in [-0.25, -0.2) is 0 Å². The van der Waals surface area contributed by atoms with E-state index in [1.54, 1.807) is 23.1 Å². The third-order valence-electron chi connectivity index (χ3n) is 6.66. The molecular weight excluding hydrogens is 422 g/mol. The summed E-state index contributed by atoms with van der Waals surface area (Å²) in [5.41, 5.74) is 1.46. The fourth-order valence-corrected chi connectivity index (χ4v) is 5.18. The van der Waals surface area contributed by atoms with Crippen molar-refractivity contribution in [1.82, 2.24) is 4.90 Å². The average molecular weight is 446 g/mol. The lowest BCUT2D eigenvalue weighted by Crippen LogP contribution is -2.40. The van der Waals surface area contributed by atoms with E-state index in [9.17, 15) is 14.7 Å². The number of carbonyl (C=O) groups excluding carboxylic acids is 2. The van der Waals surface area contributed by atoms with Gasteiger partial charge in [-0.1, -0.05) is 79.4 Å². The molecule has 1 heterocycles. The Bertz CT molecular complexity index is 1230. The van der Waals surface area contributed by atoms with Crippen LogP contribution in [-0.2, 0) is 9.59 Å². The van der Waals surface area contributed by atoms with Gasteiger partial charge in [0.25, 0.3) is 11.7 Å². The van der Waals surface area contributed by atoms with E-state index in [1.807, 2.05) is 48.5 Å². The summed E-state index contributed by atoms with van der Waals surface area (Å²) in [6.45, 7) is 0. The van der Waals surface area contributed by atoms with Gasteiger partial charge in [0.15, 0.2) is 0 Å². The number of amides is 1. The van der Waals surface area contributed by atoms with Gasteiger partial charge < -0.3 is 10.0 Å². The molecule has 162 valence electrons. The highest BCUT2D eigenvalue weighted by atomic mass is 35.5. The fraction of sp³-hybridized carbons (Fsp3) is 0.259.